The van der Waals surface area contributed by atoms with Gasteiger partial charge in [0.25, 0.3) is 0 Å². The lowest BCUT2D eigenvalue weighted by Crippen LogP contribution is -2.47. The van der Waals surface area contributed by atoms with E-state index >= 15 is 0 Å². The van der Waals surface area contributed by atoms with Crippen LogP contribution >= 0.6 is 0 Å². The van der Waals surface area contributed by atoms with Gasteiger partial charge < -0.3 is 21.1 Å². The number of hydrogen-bond acceptors (Lipinski definition) is 4. The summed E-state index contributed by atoms with van der Waals surface area (Å²) in [6.45, 7) is 1.69. The van der Waals surface area contributed by atoms with Gasteiger partial charge in [-0.05, 0) is 17.7 Å². The van der Waals surface area contributed by atoms with E-state index in [1.165, 1.54) is 0 Å². The molecule has 0 aromatic heterocycles. The molecular weight excluding hydrogens is 234 g/mol. The van der Waals surface area contributed by atoms with E-state index in [1.54, 1.807) is 24.3 Å². The number of rotatable bonds is 3. The molecule has 6 heteroatoms. The number of carboxylic acid groups (broad SMARTS) is 1. The van der Waals surface area contributed by atoms with Crippen LogP contribution in [0.3, 0.4) is 0 Å². The zero-order valence-electron chi connectivity index (χ0n) is 9.80. The van der Waals surface area contributed by atoms with E-state index in [-0.39, 0.29) is 5.91 Å². The van der Waals surface area contributed by atoms with E-state index in [1.807, 2.05) is 4.90 Å². The minimum Gasteiger partial charge on any atom is -0.480 e. The average Bonchev–Trinajstić information content (AvgIpc) is 2.38. The SMILES string of the molecule is NC(C(=O)O)c1ccc(N2CCNC(=O)C2)cc1. The molecule has 1 atom stereocenters. The highest BCUT2D eigenvalue weighted by Gasteiger charge is 2.18. The molecule has 1 aromatic carbocycles. The van der Waals surface area contributed by atoms with Crippen LogP contribution in [0.2, 0.25) is 0 Å². The van der Waals surface area contributed by atoms with Crippen LogP contribution < -0.4 is 16.0 Å². The molecule has 1 unspecified atom stereocenters. The molecule has 2 rings (SSSR count). The van der Waals surface area contributed by atoms with Crippen molar-refractivity contribution in [3.8, 4) is 0 Å². The Balaban J connectivity index is 2.12. The van der Waals surface area contributed by atoms with Crippen molar-refractivity contribution in [2.75, 3.05) is 24.5 Å². The van der Waals surface area contributed by atoms with Crippen LogP contribution in [0.5, 0.6) is 0 Å². The number of amides is 1. The maximum Gasteiger partial charge on any atom is 0.325 e. The van der Waals surface area contributed by atoms with Gasteiger partial charge in [0, 0.05) is 18.8 Å². The molecule has 1 heterocycles. The molecule has 0 saturated carbocycles. The van der Waals surface area contributed by atoms with Crippen molar-refractivity contribution in [3.63, 3.8) is 0 Å². The van der Waals surface area contributed by atoms with E-state index < -0.39 is 12.0 Å². The number of carbonyl (C=O) groups excluding carboxylic acids is 1. The normalized spacial score (nSPS) is 17.2. The summed E-state index contributed by atoms with van der Waals surface area (Å²) in [7, 11) is 0. The molecule has 1 aromatic rings. The van der Waals surface area contributed by atoms with E-state index in [0.29, 0.717) is 18.7 Å². The van der Waals surface area contributed by atoms with Crippen molar-refractivity contribution in [2.24, 2.45) is 5.73 Å². The summed E-state index contributed by atoms with van der Waals surface area (Å²) in [6, 6.07) is 5.93. The molecule has 1 saturated heterocycles. The fourth-order valence-electron chi connectivity index (χ4n) is 1.89. The molecule has 1 aliphatic rings. The van der Waals surface area contributed by atoms with Crippen LogP contribution in [0.25, 0.3) is 0 Å². The molecule has 0 aliphatic carbocycles. The summed E-state index contributed by atoms with van der Waals surface area (Å²) in [5, 5.41) is 11.5. The summed E-state index contributed by atoms with van der Waals surface area (Å²) in [5.74, 6) is -1.06. The fraction of sp³-hybridized carbons (Fsp3) is 0.333. The third kappa shape index (κ3) is 2.60. The largest absolute Gasteiger partial charge is 0.480 e. The molecule has 1 aliphatic heterocycles. The first-order valence-corrected chi connectivity index (χ1v) is 5.68. The summed E-state index contributed by atoms with van der Waals surface area (Å²) in [5.41, 5.74) is 6.95. The number of hydrogen-bond donors (Lipinski definition) is 3. The zero-order valence-corrected chi connectivity index (χ0v) is 9.80. The first-order valence-electron chi connectivity index (χ1n) is 5.68. The summed E-state index contributed by atoms with van der Waals surface area (Å²) in [6.07, 6.45) is 0. The van der Waals surface area contributed by atoms with Gasteiger partial charge in [0.1, 0.15) is 6.04 Å². The Bertz CT molecular complexity index is 458. The third-order valence-corrected chi connectivity index (χ3v) is 2.92. The minimum absolute atomic E-state index is 0.00689. The minimum atomic E-state index is -1.06. The van der Waals surface area contributed by atoms with E-state index in [4.69, 9.17) is 10.8 Å². The number of carbonyl (C=O) groups is 2. The van der Waals surface area contributed by atoms with Crippen LogP contribution in [-0.4, -0.2) is 36.6 Å². The molecule has 6 nitrogen and oxygen atoms in total. The Hall–Kier alpha value is -2.08. The summed E-state index contributed by atoms with van der Waals surface area (Å²) in [4.78, 5) is 23.9. The lowest BCUT2D eigenvalue weighted by Gasteiger charge is -2.28. The van der Waals surface area contributed by atoms with Gasteiger partial charge in [0.2, 0.25) is 5.91 Å². The average molecular weight is 249 g/mol. The number of carboxylic acids is 1. The monoisotopic (exact) mass is 249 g/mol. The first-order chi connectivity index (χ1) is 8.58. The van der Waals surface area contributed by atoms with Crippen molar-refractivity contribution >= 4 is 17.6 Å². The Morgan fingerprint density at radius 2 is 2.06 bits per heavy atom. The summed E-state index contributed by atoms with van der Waals surface area (Å²) >= 11 is 0. The quantitative estimate of drug-likeness (QED) is 0.684. The van der Waals surface area contributed by atoms with Gasteiger partial charge in [-0.3, -0.25) is 9.59 Å². The number of nitrogens with one attached hydrogen (secondary N) is 1. The van der Waals surface area contributed by atoms with Crippen LogP contribution in [-0.2, 0) is 9.59 Å². The number of aliphatic carboxylic acids is 1. The zero-order chi connectivity index (χ0) is 13.1. The molecule has 0 bridgehead atoms. The lowest BCUT2D eigenvalue weighted by molar-refractivity contribution is -0.138. The maximum atomic E-state index is 11.3. The maximum absolute atomic E-state index is 11.3. The number of nitrogens with two attached hydrogens (primary N) is 1. The van der Waals surface area contributed by atoms with Gasteiger partial charge in [0.05, 0.1) is 6.54 Å². The molecule has 1 amide bonds. The number of piperazine rings is 1. The van der Waals surface area contributed by atoms with Gasteiger partial charge in [-0.2, -0.15) is 0 Å². The van der Waals surface area contributed by atoms with Gasteiger partial charge in [0.15, 0.2) is 0 Å². The predicted molar refractivity (Wildman–Crippen MR) is 66.2 cm³/mol. The van der Waals surface area contributed by atoms with E-state index in [2.05, 4.69) is 5.32 Å². The second-order valence-electron chi connectivity index (χ2n) is 4.18. The Kier molecular flexibility index (Phi) is 3.47. The highest BCUT2D eigenvalue weighted by atomic mass is 16.4. The third-order valence-electron chi connectivity index (χ3n) is 2.92. The van der Waals surface area contributed by atoms with Gasteiger partial charge in [-0.1, -0.05) is 12.1 Å². The Morgan fingerprint density at radius 3 is 2.61 bits per heavy atom. The smallest absolute Gasteiger partial charge is 0.325 e. The fourth-order valence-corrected chi connectivity index (χ4v) is 1.89. The second kappa shape index (κ2) is 5.05. The topological polar surface area (TPSA) is 95.7 Å². The van der Waals surface area contributed by atoms with Gasteiger partial charge in [-0.25, -0.2) is 0 Å². The lowest BCUT2D eigenvalue weighted by atomic mass is 10.1. The number of anilines is 1. The van der Waals surface area contributed by atoms with Gasteiger partial charge in [-0.15, -0.1) is 0 Å². The molecule has 0 radical (unpaired) electrons. The standard InChI is InChI=1S/C12H15N3O3/c13-11(12(17)18)8-1-3-9(4-2-8)15-6-5-14-10(16)7-15/h1-4,11H,5-7,13H2,(H,14,16)(H,17,18). The molecule has 96 valence electrons. The Labute approximate surface area is 104 Å². The van der Waals surface area contributed by atoms with Crippen LogP contribution in [0.4, 0.5) is 5.69 Å². The van der Waals surface area contributed by atoms with Crippen LogP contribution in [0, 0.1) is 0 Å². The predicted octanol–water partition coefficient (Wildman–Crippen LogP) is -0.293. The molecule has 4 N–H and O–H groups in total. The van der Waals surface area contributed by atoms with Crippen molar-refractivity contribution in [1.82, 2.24) is 5.32 Å². The second-order valence-corrected chi connectivity index (χ2v) is 4.18. The first kappa shape index (κ1) is 12.4. The molecular formula is C12H15N3O3. The number of nitrogens with zero attached hydrogens (tertiary/aromatic N) is 1. The van der Waals surface area contributed by atoms with Crippen molar-refractivity contribution in [1.29, 1.82) is 0 Å². The highest BCUT2D eigenvalue weighted by molar-refractivity contribution is 5.82. The van der Waals surface area contributed by atoms with Gasteiger partial charge >= 0.3 is 5.97 Å². The highest BCUT2D eigenvalue weighted by Crippen LogP contribution is 2.19. The number of benzene rings is 1. The van der Waals surface area contributed by atoms with E-state index in [9.17, 15) is 9.59 Å². The van der Waals surface area contributed by atoms with Crippen molar-refractivity contribution in [3.05, 3.63) is 29.8 Å². The molecule has 1 fully saturated rings. The van der Waals surface area contributed by atoms with Crippen LogP contribution in [0.15, 0.2) is 24.3 Å². The molecule has 0 spiro atoms. The Morgan fingerprint density at radius 1 is 1.39 bits per heavy atom. The van der Waals surface area contributed by atoms with E-state index in [0.717, 1.165) is 12.2 Å². The van der Waals surface area contributed by atoms with Crippen LogP contribution in [0.1, 0.15) is 11.6 Å². The van der Waals surface area contributed by atoms with Crippen molar-refractivity contribution in [2.45, 2.75) is 6.04 Å². The molecule has 18 heavy (non-hydrogen) atoms. The van der Waals surface area contributed by atoms with Crippen molar-refractivity contribution < 1.29 is 14.7 Å². The summed E-state index contributed by atoms with van der Waals surface area (Å²) < 4.78 is 0.